The first-order valence-corrected chi connectivity index (χ1v) is 7.30. The Morgan fingerprint density at radius 3 is 2.23 bits per heavy atom. The van der Waals surface area contributed by atoms with E-state index in [0.717, 1.165) is 11.3 Å². The summed E-state index contributed by atoms with van der Waals surface area (Å²) in [7, 11) is 5.33. The Kier molecular flexibility index (Phi) is 5.57. The van der Waals surface area contributed by atoms with E-state index in [0.29, 0.717) is 22.3 Å². The average Bonchev–Trinajstić information content (AvgIpc) is 2.49. The number of nitrogens with zero attached hydrogens (tertiary/aromatic N) is 4. The molecule has 0 radical (unpaired) electrons. The molecule has 0 aliphatic rings. The van der Waals surface area contributed by atoms with Crippen LogP contribution in [0.4, 0.5) is 5.95 Å². The van der Waals surface area contributed by atoms with E-state index in [4.69, 9.17) is 27.9 Å². The summed E-state index contributed by atoms with van der Waals surface area (Å²) in [5.41, 5.74) is 1.72. The molecular formula is C15H16Cl2N4O. The lowest BCUT2D eigenvalue weighted by Gasteiger charge is -2.08. The van der Waals surface area contributed by atoms with E-state index in [2.05, 4.69) is 15.0 Å². The Labute approximate surface area is 139 Å². The predicted octanol–water partition coefficient (Wildman–Crippen LogP) is 3.60. The fraction of sp³-hybridized carbons (Fsp3) is 0.267. The number of methoxy groups -OCH3 is 1. The molecule has 5 nitrogen and oxygen atoms in total. The molecule has 22 heavy (non-hydrogen) atoms. The molecule has 0 amide bonds. The van der Waals surface area contributed by atoms with Gasteiger partial charge in [0.2, 0.25) is 0 Å². The predicted molar refractivity (Wildman–Crippen MR) is 89.7 cm³/mol. The Bertz CT molecular complexity index is 649. The van der Waals surface area contributed by atoms with Gasteiger partial charge in [-0.1, -0.05) is 35.3 Å². The Balaban J connectivity index is 2.23. The van der Waals surface area contributed by atoms with Gasteiger partial charge in [0.25, 0.3) is 5.95 Å². The van der Waals surface area contributed by atoms with Crippen LogP contribution in [0.5, 0.6) is 5.75 Å². The van der Waals surface area contributed by atoms with Crippen molar-refractivity contribution in [3.05, 3.63) is 45.7 Å². The smallest absolute Gasteiger partial charge is 0.253 e. The van der Waals surface area contributed by atoms with E-state index in [1.165, 1.54) is 0 Å². The fourth-order valence-electron chi connectivity index (χ4n) is 1.74. The summed E-state index contributed by atoms with van der Waals surface area (Å²) >= 11 is 12.4. The lowest BCUT2D eigenvalue weighted by atomic mass is 10.1. The number of benzene rings is 1. The van der Waals surface area contributed by atoms with Crippen molar-refractivity contribution in [2.75, 3.05) is 21.2 Å². The van der Waals surface area contributed by atoms with Gasteiger partial charge in [-0.25, -0.2) is 4.99 Å². The van der Waals surface area contributed by atoms with Gasteiger partial charge >= 0.3 is 0 Å². The van der Waals surface area contributed by atoms with Crippen LogP contribution in [0.25, 0.3) is 0 Å². The van der Waals surface area contributed by atoms with Gasteiger partial charge in [0.1, 0.15) is 16.1 Å². The summed E-state index contributed by atoms with van der Waals surface area (Å²) in [6, 6.07) is 7.66. The molecule has 1 heterocycles. The molecule has 7 heteroatoms. The van der Waals surface area contributed by atoms with Gasteiger partial charge < -0.3 is 9.64 Å². The maximum absolute atomic E-state index is 6.21. The van der Waals surface area contributed by atoms with Gasteiger partial charge in [0.05, 0.1) is 13.4 Å². The number of hydrogen-bond donors (Lipinski definition) is 0. The maximum atomic E-state index is 6.21. The second-order valence-electron chi connectivity index (χ2n) is 4.82. The molecule has 2 rings (SSSR count). The van der Waals surface area contributed by atoms with Crippen LogP contribution >= 0.6 is 23.2 Å². The van der Waals surface area contributed by atoms with Crippen LogP contribution in [0, 0.1) is 0 Å². The highest BCUT2D eigenvalue weighted by Gasteiger charge is 2.12. The number of aliphatic imine (C=N–C) groups is 1. The Hall–Kier alpha value is -1.85. The van der Waals surface area contributed by atoms with Gasteiger partial charge in [-0.05, 0) is 17.7 Å². The number of aromatic nitrogens is 2. The van der Waals surface area contributed by atoms with Crippen molar-refractivity contribution >= 4 is 35.5 Å². The molecular weight excluding hydrogens is 323 g/mol. The highest BCUT2D eigenvalue weighted by molar-refractivity contribution is 6.34. The van der Waals surface area contributed by atoms with Gasteiger partial charge in [-0.15, -0.1) is 0 Å². The Morgan fingerprint density at radius 1 is 1.14 bits per heavy atom. The van der Waals surface area contributed by atoms with Crippen LogP contribution in [0.1, 0.15) is 11.1 Å². The first-order chi connectivity index (χ1) is 10.5. The normalized spacial score (nSPS) is 11.0. The third-order valence-electron chi connectivity index (χ3n) is 2.84. The van der Waals surface area contributed by atoms with E-state index >= 15 is 0 Å². The van der Waals surface area contributed by atoms with E-state index in [-0.39, 0.29) is 5.95 Å². The number of rotatable bonds is 5. The number of ether oxygens (including phenoxy) is 1. The quantitative estimate of drug-likeness (QED) is 0.474. The van der Waals surface area contributed by atoms with Gasteiger partial charge in [-0.3, -0.25) is 0 Å². The molecule has 0 N–H and O–H groups in total. The second kappa shape index (κ2) is 7.42. The molecule has 0 aliphatic heterocycles. The van der Waals surface area contributed by atoms with E-state index in [9.17, 15) is 0 Å². The summed E-state index contributed by atoms with van der Waals surface area (Å²) < 4.78 is 5.13. The van der Waals surface area contributed by atoms with Crippen LogP contribution in [0.15, 0.2) is 29.3 Å². The largest absolute Gasteiger partial charge is 0.497 e. The van der Waals surface area contributed by atoms with Crippen LogP contribution in [0.3, 0.4) is 0 Å². The van der Waals surface area contributed by atoms with Crippen LogP contribution in [0.2, 0.25) is 10.3 Å². The lowest BCUT2D eigenvalue weighted by molar-refractivity contribution is 0.414. The van der Waals surface area contributed by atoms with Crippen LogP contribution in [-0.4, -0.2) is 42.4 Å². The molecule has 116 valence electrons. The lowest BCUT2D eigenvalue weighted by Crippen LogP contribution is -2.07. The van der Waals surface area contributed by atoms with Crippen molar-refractivity contribution in [3.8, 4) is 5.75 Å². The van der Waals surface area contributed by atoms with E-state index in [1.807, 2.05) is 38.4 Å². The SMILES string of the molecule is COc1ccc(Cc2c(Cl)nc(/N=C/N(C)C)nc2Cl)cc1. The maximum Gasteiger partial charge on any atom is 0.253 e. The summed E-state index contributed by atoms with van der Waals surface area (Å²) in [5.74, 6) is 1.03. The third-order valence-corrected chi connectivity index (χ3v) is 3.46. The zero-order valence-corrected chi connectivity index (χ0v) is 14.1. The Morgan fingerprint density at radius 2 is 1.73 bits per heavy atom. The topological polar surface area (TPSA) is 50.6 Å². The molecule has 0 unspecified atom stereocenters. The molecule has 1 aromatic heterocycles. The van der Waals surface area contributed by atoms with Crippen LogP contribution in [-0.2, 0) is 6.42 Å². The molecule has 0 saturated heterocycles. The molecule has 0 spiro atoms. The average molecular weight is 339 g/mol. The van der Waals surface area contributed by atoms with Crippen LogP contribution < -0.4 is 4.74 Å². The van der Waals surface area contributed by atoms with Gasteiger partial charge in [0, 0.05) is 26.1 Å². The molecule has 0 saturated carbocycles. The monoisotopic (exact) mass is 338 g/mol. The third kappa shape index (κ3) is 4.32. The minimum atomic E-state index is 0.238. The fourth-order valence-corrected chi connectivity index (χ4v) is 2.25. The zero-order valence-electron chi connectivity index (χ0n) is 12.5. The summed E-state index contributed by atoms with van der Waals surface area (Å²) in [5, 5.41) is 0.614. The molecule has 0 bridgehead atoms. The highest BCUT2D eigenvalue weighted by Crippen LogP contribution is 2.27. The molecule has 0 atom stereocenters. The summed E-state index contributed by atoms with van der Waals surface area (Å²) in [6.45, 7) is 0. The minimum Gasteiger partial charge on any atom is -0.497 e. The highest BCUT2D eigenvalue weighted by atomic mass is 35.5. The van der Waals surface area contributed by atoms with Crippen molar-refractivity contribution in [3.63, 3.8) is 0 Å². The standard InChI is InChI=1S/C15H16Cl2N4O/c1-21(2)9-18-15-19-13(16)12(14(17)20-15)8-10-4-6-11(22-3)7-5-10/h4-7,9H,8H2,1-3H3/b18-9+. The van der Waals surface area contributed by atoms with Crippen molar-refractivity contribution in [2.45, 2.75) is 6.42 Å². The van der Waals surface area contributed by atoms with Crippen molar-refractivity contribution in [1.29, 1.82) is 0 Å². The summed E-state index contributed by atoms with van der Waals surface area (Å²) in [4.78, 5) is 14.2. The van der Waals surface area contributed by atoms with Gasteiger partial charge in [-0.2, -0.15) is 9.97 Å². The first-order valence-electron chi connectivity index (χ1n) is 6.55. The zero-order chi connectivity index (χ0) is 16.1. The second-order valence-corrected chi connectivity index (χ2v) is 5.53. The van der Waals surface area contributed by atoms with E-state index < -0.39 is 0 Å². The molecule has 1 aromatic carbocycles. The number of halogens is 2. The number of hydrogen-bond acceptors (Lipinski definition) is 4. The van der Waals surface area contributed by atoms with Crippen molar-refractivity contribution < 1.29 is 4.74 Å². The van der Waals surface area contributed by atoms with E-state index in [1.54, 1.807) is 18.3 Å². The van der Waals surface area contributed by atoms with Gasteiger partial charge in [0.15, 0.2) is 0 Å². The van der Waals surface area contributed by atoms with Crippen molar-refractivity contribution in [2.24, 2.45) is 4.99 Å². The molecule has 0 fully saturated rings. The minimum absolute atomic E-state index is 0.238. The summed E-state index contributed by atoms with van der Waals surface area (Å²) in [6.07, 6.45) is 2.13. The molecule has 2 aromatic rings. The first kappa shape index (κ1) is 16.5. The molecule has 0 aliphatic carbocycles. The van der Waals surface area contributed by atoms with Crippen molar-refractivity contribution in [1.82, 2.24) is 14.9 Å².